The van der Waals surface area contributed by atoms with Crippen molar-refractivity contribution in [1.82, 2.24) is 24.8 Å². The number of nitrogens with one attached hydrogen (secondary N) is 1. The van der Waals surface area contributed by atoms with Gasteiger partial charge in [0.1, 0.15) is 12.6 Å². The van der Waals surface area contributed by atoms with Crippen LogP contribution in [0.1, 0.15) is 19.7 Å². The highest BCUT2D eigenvalue weighted by Gasteiger charge is 2.52. The number of aromatic nitrogens is 2. The lowest BCUT2D eigenvalue weighted by molar-refractivity contribution is 0.181. The average molecular weight is 304 g/mol. The first-order valence-corrected chi connectivity index (χ1v) is 6.88. The summed E-state index contributed by atoms with van der Waals surface area (Å²) in [6, 6.07) is 2.41. The van der Waals surface area contributed by atoms with E-state index in [0.29, 0.717) is 18.9 Å². The molecule has 1 unspecified atom stereocenters. The van der Waals surface area contributed by atoms with Crippen molar-refractivity contribution in [2.24, 2.45) is 11.8 Å². The normalized spacial score (nSPS) is 21.0. The Morgan fingerprint density at radius 1 is 1.64 bits per heavy atom. The molecule has 0 spiro atoms. The number of hydrazine groups is 1. The summed E-state index contributed by atoms with van der Waals surface area (Å²) >= 11 is 0. The molecule has 0 bridgehead atoms. The van der Waals surface area contributed by atoms with Crippen molar-refractivity contribution >= 4 is 17.9 Å². The third-order valence-corrected chi connectivity index (χ3v) is 3.53. The minimum absolute atomic E-state index is 0.00622. The second-order valence-electron chi connectivity index (χ2n) is 5.50. The molecule has 1 aliphatic rings. The number of carbonyl (C=O) groups is 2. The monoisotopic (exact) mass is 304 g/mol. The van der Waals surface area contributed by atoms with E-state index in [2.05, 4.69) is 9.97 Å². The molecule has 2 rings (SSSR count). The first-order chi connectivity index (χ1) is 10.4. The van der Waals surface area contributed by atoms with Crippen LogP contribution in [-0.4, -0.2) is 46.6 Å². The molecule has 0 radical (unpaired) electrons. The first-order valence-electron chi connectivity index (χ1n) is 6.88. The van der Waals surface area contributed by atoms with Crippen LogP contribution in [0.15, 0.2) is 12.3 Å². The van der Waals surface area contributed by atoms with Crippen molar-refractivity contribution in [2.75, 3.05) is 19.6 Å². The van der Waals surface area contributed by atoms with E-state index >= 15 is 0 Å². The van der Waals surface area contributed by atoms with Gasteiger partial charge in [-0.25, -0.2) is 25.3 Å². The smallest absolute Gasteiger partial charge is 0.275 e. The third-order valence-electron chi connectivity index (χ3n) is 3.53. The summed E-state index contributed by atoms with van der Waals surface area (Å²) in [4.78, 5) is 33.6. The van der Waals surface area contributed by atoms with Gasteiger partial charge in [-0.3, -0.25) is 5.43 Å². The molecule has 3 N–H and O–H groups in total. The topological polar surface area (TPSA) is 125 Å². The number of quaternary nitrogens is 1. The third kappa shape index (κ3) is 2.61. The van der Waals surface area contributed by atoms with E-state index in [0.717, 1.165) is 4.90 Å². The number of amides is 4. The van der Waals surface area contributed by atoms with E-state index in [-0.39, 0.29) is 22.8 Å². The molecule has 0 aromatic carbocycles. The van der Waals surface area contributed by atoms with E-state index in [1.165, 1.54) is 6.20 Å². The van der Waals surface area contributed by atoms with Gasteiger partial charge in [0.2, 0.25) is 11.6 Å². The highest BCUT2D eigenvalue weighted by atomic mass is 16.2. The number of nitrogens with two attached hydrogens (primary N) is 1. The summed E-state index contributed by atoms with van der Waals surface area (Å²) in [6.07, 6.45) is 1.44. The van der Waals surface area contributed by atoms with Crippen LogP contribution < -0.4 is 15.8 Å². The summed E-state index contributed by atoms with van der Waals surface area (Å²) < 4.78 is -0.123. The molecule has 1 aromatic rings. The van der Waals surface area contributed by atoms with Gasteiger partial charge in [0.15, 0.2) is 0 Å². The van der Waals surface area contributed by atoms with Crippen LogP contribution in [0.5, 0.6) is 0 Å². The molecule has 1 aromatic heterocycles. The maximum Gasteiger partial charge on any atom is 0.434 e. The Morgan fingerprint density at radius 2 is 2.36 bits per heavy atom. The molecule has 22 heavy (non-hydrogen) atoms. The number of rotatable bonds is 3. The van der Waals surface area contributed by atoms with Crippen LogP contribution in [0.3, 0.4) is 0 Å². The molecule has 1 saturated heterocycles. The molecule has 1 fully saturated rings. The Morgan fingerprint density at radius 3 is 2.95 bits per heavy atom. The van der Waals surface area contributed by atoms with Crippen LogP contribution in [0.4, 0.5) is 15.4 Å². The standard InChI is InChI=1S/C13H17N7O2/c1-9(2)8-20(11-3-4-16-10(7-14)17-11)6-5-19(13(20)22)12(21)18-15/h3-4,9H,5-6,8,15H2,1-2H3/p+1. The second kappa shape index (κ2) is 6.05. The summed E-state index contributed by atoms with van der Waals surface area (Å²) in [5.74, 6) is 5.71. The number of urea groups is 2. The maximum atomic E-state index is 12.8. The average Bonchev–Trinajstić information content (AvgIpc) is 2.84. The first kappa shape index (κ1) is 15.8. The van der Waals surface area contributed by atoms with Crippen molar-refractivity contribution in [2.45, 2.75) is 13.8 Å². The molecule has 0 saturated carbocycles. The van der Waals surface area contributed by atoms with E-state index in [9.17, 15) is 9.59 Å². The summed E-state index contributed by atoms with van der Waals surface area (Å²) in [7, 11) is 0. The number of nitrogens with zero attached hydrogens (tertiary/aromatic N) is 5. The van der Waals surface area contributed by atoms with E-state index in [4.69, 9.17) is 11.1 Å². The van der Waals surface area contributed by atoms with Gasteiger partial charge < -0.3 is 0 Å². The predicted molar refractivity (Wildman–Crippen MR) is 77.9 cm³/mol. The number of carbonyl (C=O) groups excluding carboxylic acids is 2. The molecule has 9 nitrogen and oxygen atoms in total. The fourth-order valence-electron chi connectivity index (χ4n) is 2.70. The molecule has 2 heterocycles. The Bertz CT molecular complexity index is 640. The lowest BCUT2D eigenvalue weighted by Gasteiger charge is -2.30. The van der Waals surface area contributed by atoms with Crippen molar-refractivity contribution in [3.05, 3.63) is 18.1 Å². The van der Waals surface area contributed by atoms with Crippen molar-refractivity contribution < 1.29 is 9.59 Å². The van der Waals surface area contributed by atoms with Crippen LogP contribution in [0.25, 0.3) is 0 Å². The quantitative estimate of drug-likeness (QED) is 0.359. The van der Waals surface area contributed by atoms with Gasteiger partial charge in [0, 0.05) is 18.2 Å². The molecule has 1 atom stereocenters. The van der Waals surface area contributed by atoms with Crippen LogP contribution in [-0.2, 0) is 0 Å². The minimum Gasteiger partial charge on any atom is -0.275 e. The fraction of sp³-hybridized carbons (Fsp3) is 0.462. The van der Waals surface area contributed by atoms with Gasteiger partial charge in [0.05, 0.1) is 13.1 Å². The zero-order valence-electron chi connectivity index (χ0n) is 12.5. The van der Waals surface area contributed by atoms with E-state index < -0.39 is 12.1 Å². The zero-order valence-corrected chi connectivity index (χ0v) is 12.5. The van der Waals surface area contributed by atoms with Crippen LogP contribution >= 0.6 is 0 Å². The summed E-state index contributed by atoms with van der Waals surface area (Å²) in [6.45, 7) is 5.04. The molecular weight excluding hydrogens is 286 g/mol. The van der Waals surface area contributed by atoms with Gasteiger partial charge in [-0.1, -0.05) is 13.8 Å². The molecule has 9 heteroatoms. The Hall–Kier alpha value is -2.57. The Labute approximate surface area is 127 Å². The Kier molecular flexibility index (Phi) is 4.35. The van der Waals surface area contributed by atoms with Crippen LogP contribution in [0, 0.1) is 17.2 Å². The molecule has 1 aliphatic heterocycles. The Balaban J connectivity index is 2.48. The molecule has 0 aliphatic carbocycles. The molecular formula is C13H18N7O2+. The van der Waals surface area contributed by atoms with Crippen molar-refractivity contribution in [1.29, 1.82) is 5.26 Å². The SMILES string of the molecule is CC(C)C[N+]1(c2ccnc(C#N)n2)CCN(C(=O)NN)C1=O. The van der Waals surface area contributed by atoms with Gasteiger partial charge in [-0.05, 0) is 0 Å². The predicted octanol–water partition coefficient (Wildman–Crippen LogP) is 0.330. The molecule has 4 amide bonds. The van der Waals surface area contributed by atoms with Crippen molar-refractivity contribution in [3.8, 4) is 6.07 Å². The minimum atomic E-state index is -0.650. The van der Waals surface area contributed by atoms with Crippen molar-refractivity contribution in [3.63, 3.8) is 0 Å². The van der Waals surface area contributed by atoms with Gasteiger partial charge >= 0.3 is 12.1 Å². The highest BCUT2D eigenvalue weighted by Crippen LogP contribution is 2.29. The largest absolute Gasteiger partial charge is 0.434 e. The highest BCUT2D eigenvalue weighted by molar-refractivity contribution is 6.00. The van der Waals surface area contributed by atoms with Gasteiger partial charge in [-0.15, -0.1) is 0 Å². The number of nitriles is 1. The number of hydrogen-bond acceptors (Lipinski definition) is 6. The number of hydrogen-bond donors (Lipinski definition) is 2. The lowest BCUT2D eigenvalue weighted by atomic mass is 10.2. The van der Waals surface area contributed by atoms with E-state index in [1.807, 2.05) is 25.3 Å². The van der Waals surface area contributed by atoms with Gasteiger partial charge in [0.25, 0.3) is 0 Å². The summed E-state index contributed by atoms with van der Waals surface area (Å²) in [5.41, 5.74) is 1.97. The second-order valence-corrected chi connectivity index (χ2v) is 5.50. The summed E-state index contributed by atoms with van der Waals surface area (Å²) in [5, 5.41) is 8.96. The van der Waals surface area contributed by atoms with E-state index in [1.54, 1.807) is 6.07 Å². The lowest BCUT2D eigenvalue weighted by Crippen LogP contribution is -2.56. The van der Waals surface area contributed by atoms with Gasteiger partial charge in [-0.2, -0.15) is 14.7 Å². The zero-order chi connectivity index (χ0) is 16.3. The fourth-order valence-corrected chi connectivity index (χ4v) is 2.70. The maximum absolute atomic E-state index is 12.8. The molecule has 116 valence electrons. The van der Waals surface area contributed by atoms with Crippen LogP contribution in [0.2, 0.25) is 0 Å². The number of imide groups is 1.